The highest BCUT2D eigenvalue weighted by Crippen LogP contribution is 2.38. The molecule has 1 fully saturated rings. The van der Waals surface area contributed by atoms with E-state index in [2.05, 4.69) is 15.4 Å². The average molecular weight is 316 g/mol. The van der Waals surface area contributed by atoms with Gasteiger partial charge in [-0.3, -0.25) is 14.3 Å². The van der Waals surface area contributed by atoms with Crippen LogP contribution in [-0.2, 0) is 7.05 Å². The number of amides is 1. The van der Waals surface area contributed by atoms with E-state index >= 15 is 0 Å². The number of aliphatic hydroxyl groups excluding tert-OH is 1. The summed E-state index contributed by atoms with van der Waals surface area (Å²) in [7, 11) is 1.82. The molecule has 23 heavy (non-hydrogen) atoms. The van der Waals surface area contributed by atoms with Crippen LogP contribution in [0.15, 0.2) is 29.3 Å². The maximum Gasteiger partial charge on any atom is 0.252 e. The summed E-state index contributed by atoms with van der Waals surface area (Å²) in [6.07, 6.45) is 4.57. The van der Waals surface area contributed by atoms with Crippen molar-refractivity contribution in [1.82, 2.24) is 20.1 Å². The first-order chi connectivity index (χ1) is 10.9. The Bertz CT molecular complexity index is 774. The fourth-order valence-electron chi connectivity index (χ4n) is 3.01. The molecule has 1 saturated carbocycles. The van der Waals surface area contributed by atoms with E-state index in [1.807, 2.05) is 13.2 Å². The number of aliphatic hydroxyl groups is 1. The number of rotatable bonds is 4. The maximum atomic E-state index is 12.5. The van der Waals surface area contributed by atoms with Gasteiger partial charge in [-0.25, -0.2) is 0 Å². The van der Waals surface area contributed by atoms with Gasteiger partial charge in [0, 0.05) is 36.1 Å². The van der Waals surface area contributed by atoms with Crippen LogP contribution >= 0.6 is 0 Å². The second-order valence-electron chi connectivity index (χ2n) is 6.20. The third kappa shape index (κ3) is 3.34. The van der Waals surface area contributed by atoms with Gasteiger partial charge in [-0.05, 0) is 31.7 Å². The monoisotopic (exact) mass is 316 g/mol. The first-order valence-corrected chi connectivity index (χ1v) is 7.61. The molecule has 0 spiro atoms. The topological polar surface area (TPSA) is 100 Å². The molecule has 1 aliphatic rings. The van der Waals surface area contributed by atoms with Gasteiger partial charge in [0.2, 0.25) is 5.56 Å². The number of aromatic nitrogens is 3. The van der Waals surface area contributed by atoms with Gasteiger partial charge in [-0.2, -0.15) is 5.10 Å². The zero-order valence-electron chi connectivity index (χ0n) is 13.1. The first-order valence-electron chi connectivity index (χ1n) is 7.61. The minimum atomic E-state index is -0.308. The summed E-state index contributed by atoms with van der Waals surface area (Å²) in [5.74, 6) is -0.129. The molecule has 0 radical (unpaired) electrons. The van der Waals surface area contributed by atoms with Crippen molar-refractivity contribution in [3.05, 3.63) is 51.7 Å². The van der Waals surface area contributed by atoms with E-state index in [0.29, 0.717) is 24.1 Å². The summed E-state index contributed by atoms with van der Waals surface area (Å²) in [6.45, 7) is 1.74. The third-order valence-electron chi connectivity index (χ3n) is 4.23. The predicted molar refractivity (Wildman–Crippen MR) is 83.9 cm³/mol. The predicted octanol–water partition coefficient (Wildman–Crippen LogP) is 0.659. The average Bonchev–Trinajstić information content (AvgIpc) is 2.87. The number of carbonyl (C=O) groups is 1. The maximum absolute atomic E-state index is 12.5. The number of nitrogens with zero attached hydrogens (tertiary/aromatic N) is 2. The summed E-state index contributed by atoms with van der Waals surface area (Å²) in [6, 6.07) is 2.71. The van der Waals surface area contributed by atoms with Crippen LogP contribution in [-0.4, -0.2) is 31.9 Å². The third-order valence-corrected chi connectivity index (χ3v) is 4.23. The lowest BCUT2D eigenvalue weighted by Gasteiger charge is -2.37. The van der Waals surface area contributed by atoms with E-state index in [1.165, 1.54) is 6.07 Å². The quantitative estimate of drug-likeness (QED) is 0.771. The molecule has 2 aromatic heterocycles. The number of nitrogens with one attached hydrogen (secondary N) is 2. The van der Waals surface area contributed by atoms with Gasteiger partial charge >= 0.3 is 0 Å². The molecule has 7 heteroatoms. The molecule has 0 bridgehead atoms. The van der Waals surface area contributed by atoms with Gasteiger partial charge in [0.05, 0.1) is 18.3 Å². The number of pyridine rings is 1. The van der Waals surface area contributed by atoms with Crippen LogP contribution in [0, 0.1) is 12.8 Å². The highest BCUT2D eigenvalue weighted by molar-refractivity contribution is 5.94. The minimum Gasteiger partial charge on any atom is -0.393 e. The molecule has 1 aliphatic carbocycles. The summed E-state index contributed by atoms with van der Waals surface area (Å²) >= 11 is 0. The highest BCUT2D eigenvalue weighted by atomic mass is 16.3. The summed E-state index contributed by atoms with van der Waals surface area (Å²) < 4.78 is 1.68. The van der Waals surface area contributed by atoms with Gasteiger partial charge in [-0.1, -0.05) is 0 Å². The van der Waals surface area contributed by atoms with Crippen LogP contribution in [0.2, 0.25) is 0 Å². The Balaban J connectivity index is 1.83. The zero-order chi connectivity index (χ0) is 16.6. The molecule has 2 heterocycles. The Morgan fingerprint density at radius 3 is 2.78 bits per heavy atom. The highest BCUT2D eigenvalue weighted by Gasteiger charge is 2.36. The molecule has 0 aromatic carbocycles. The van der Waals surface area contributed by atoms with Crippen molar-refractivity contribution in [2.75, 3.05) is 0 Å². The van der Waals surface area contributed by atoms with Crippen molar-refractivity contribution in [3.8, 4) is 0 Å². The summed E-state index contributed by atoms with van der Waals surface area (Å²) in [5.41, 5.74) is 1.58. The van der Waals surface area contributed by atoms with Gasteiger partial charge < -0.3 is 15.4 Å². The standard InChI is InChI=1S/C16H20N4O3/c1-9-3-11(6-14(22)18-9)16(23)19-15(10-4-13(21)5-10)12-7-17-20(2)8-12/h3,6-8,10,13,15,21H,4-5H2,1-2H3,(H,18,22)(H,19,23)/t10?,13?,15-/m0/s1. The van der Waals surface area contributed by atoms with Crippen LogP contribution in [0.1, 0.15) is 40.5 Å². The van der Waals surface area contributed by atoms with Gasteiger partial charge in [-0.15, -0.1) is 0 Å². The smallest absolute Gasteiger partial charge is 0.252 e. The van der Waals surface area contributed by atoms with E-state index in [-0.39, 0.29) is 29.5 Å². The largest absolute Gasteiger partial charge is 0.393 e. The molecule has 1 atom stereocenters. The van der Waals surface area contributed by atoms with Crippen molar-refractivity contribution >= 4 is 5.91 Å². The van der Waals surface area contributed by atoms with Crippen LogP contribution in [0.4, 0.5) is 0 Å². The first kappa shape index (κ1) is 15.5. The number of aromatic amines is 1. The van der Waals surface area contributed by atoms with Crippen LogP contribution in [0.5, 0.6) is 0 Å². The van der Waals surface area contributed by atoms with Gasteiger partial charge in [0.1, 0.15) is 0 Å². The Kier molecular flexibility index (Phi) is 4.04. The van der Waals surface area contributed by atoms with Gasteiger partial charge in [0.25, 0.3) is 5.91 Å². The lowest BCUT2D eigenvalue weighted by molar-refractivity contribution is 0.0235. The fraction of sp³-hybridized carbons (Fsp3) is 0.438. The van der Waals surface area contributed by atoms with E-state index in [1.54, 1.807) is 23.9 Å². The summed E-state index contributed by atoms with van der Waals surface area (Å²) in [4.78, 5) is 26.7. The van der Waals surface area contributed by atoms with E-state index < -0.39 is 0 Å². The number of carbonyl (C=O) groups excluding carboxylic acids is 1. The molecule has 122 valence electrons. The van der Waals surface area contributed by atoms with Crippen molar-refractivity contribution in [3.63, 3.8) is 0 Å². The summed E-state index contributed by atoms with van der Waals surface area (Å²) in [5, 5.41) is 16.7. The van der Waals surface area contributed by atoms with Crippen molar-refractivity contribution < 1.29 is 9.90 Å². The Morgan fingerprint density at radius 2 is 2.22 bits per heavy atom. The zero-order valence-corrected chi connectivity index (χ0v) is 13.1. The Hall–Kier alpha value is -2.41. The molecular formula is C16H20N4O3. The number of H-pyrrole nitrogens is 1. The Morgan fingerprint density at radius 1 is 1.48 bits per heavy atom. The lowest BCUT2D eigenvalue weighted by atomic mass is 9.75. The van der Waals surface area contributed by atoms with Gasteiger partial charge in [0.15, 0.2) is 0 Å². The number of hydrogen-bond donors (Lipinski definition) is 3. The van der Waals surface area contributed by atoms with E-state index in [4.69, 9.17) is 0 Å². The van der Waals surface area contributed by atoms with Crippen LogP contribution in [0.25, 0.3) is 0 Å². The molecule has 1 amide bonds. The van der Waals surface area contributed by atoms with E-state index in [0.717, 1.165) is 5.56 Å². The molecule has 2 aromatic rings. The second kappa shape index (κ2) is 6.00. The number of aryl methyl sites for hydroxylation is 2. The molecule has 0 saturated heterocycles. The number of hydrogen-bond acceptors (Lipinski definition) is 4. The molecule has 0 unspecified atom stereocenters. The van der Waals surface area contributed by atoms with Crippen LogP contribution in [0.3, 0.4) is 0 Å². The molecule has 0 aliphatic heterocycles. The molecule has 3 N–H and O–H groups in total. The van der Waals surface area contributed by atoms with Crippen molar-refractivity contribution in [2.24, 2.45) is 13.0 Å². The minimum absolute atomic E-state index is 0.168. The molecule has 7 nitrogen and oxygen atoms in total. The van der Waals surface area contributed by atoms with Crippen molar-refractivity contribution in [1.29, 1.82) is 0 Å². The fourth-order valence-corrected chi connectivity index (χ4v) is 3.01. The SMILES string of the molecule is Cc1cc(C(=O)N[C@H](c2cnn(C)c2)C2CC(O)C2)cc(=O)[nH]1. The lowest BCUT2D eigenvalue weighted by Crippen LogP contribution is -2.41. The second-order valence-corrected chi connectivity index (χ2v) is 6.20. The van der Waals surface area contributed by atoms with Crippen LogP contribution < -0.4 is 10.9 Å². The Labute approximate surface area is 133 Å². The van der Waals surface area contributed by atoms with Crippen molar-refractivity contribution in [2.45, 2.75) is 31.9 Å². The normalized spacial score (nSPS) is 21.5. The van der Waals surface area contributed by atoms with E-state index in [9.17, 15) is 14.7 Å². The molecule has 3 rings (SSSR count). The molecular weight excluding hydrogens is 296 g/mol.